The second-order valence-corrected chi connectivity index (χ2v) is 6.44. The maximum Gasteiger partial charge on any atom is 0.307 e. The van der Waals surface area contributed by atoms with E-state index in [1.54, 1.807) is 11.3 Å². The zero-order valence-corrected chi connectivity index (χ0v) is 14.4. The summed E-state index contributed by atoms with van der Waals surface area (Å²) in [4.78, 5) is 16.6. The van der Waals surface area contributed by atoms with Gasteiger partial charge in [0, 0.05) is 14.2 Å². The van der Waals surface area contributed by atoms with Crippen LogP contribution in [0.3, 0.4) is 0 Å². The Morgan fingerprint density at radius 1 is 1.42 bits per heavy atom. The molecule has 1 heterocycles. The number of carbonyl (C=O) groups is 1. The molecule has 0 aliphatic rings. The van der Waals surface area contributed by atoms with Gasteiger partial charge in [0.05, 0.1) is 19.1 Å². The van der Waals surface area contributed by atoms with Crippen molar-refractivity contribution in [2.45, 2.75) is 40.2 Å². The summed E-state index contributed by atoms with van der Waals surface area (Å²) in [5.41, 5.74) is 0. The molecule has 3 nitrogen and oxygen atoms in total. The molecule has 1 rings (SSSR count). The van der Waals surface area contributed by atoms with E-state index in [0.29, 0.717) is 13.0 Å². The third kappa shape index (κ3) is 4.58. The molecule has 5 heteroatoms. The van der Waals surface area contributed by atoms with E-state index in [2.05, 4.69) is 47.7 Å². The minimum absolute atomic E-state index is 0.115. The number of halogens is 1. The van der Waals surface area contributed by atoms with E-state index in [9.17, 15) is 4.79 Å². The molecule has 1 aromatic heterocycles. The summed E-state index contributed by atoms with van der Waals surface area (Å²) >= 11 is 5.30. The number of esters is 1. The van der Waals surface area contributed by atoms with Gasteiger partial charge in [-0.05, 0) is 48.9 Å². The standard InChI is InChI=1S/C14H22BrNO2S/c1-5-16(6-2)12(9-14(17)18-7-3)13-8-11(15)10(4)19-13/h8,12H,5-7,9H2,1-4H3. The Kier molecular flexibility index (Phi) is 7.04. The van der Waals surface area contributed by atoms with Gasteiger partial charge in [0.25, 0.3) is 0 Å². The van der Waals surface area contributed by atoms with E-state index in [-0.39, 0.29) is 12.0 Å². The SMILES string of the molecule is CCOC(=O)CC(c1cc(Br)c(C)s1)N(CC)CC. The summed E-state index contributed by atoms with van der Waals surface area (Å²) < 4.78 is 6.22. The van der Waals surface area contributed by atoms with E-state index in [1.165, 1.54) is 9.75 Å². The second kappa shape index (κ2) is 8.02. The first kappa shape index (κ1) is 16.7. The summed E-state index contributed by atoms with van der Waals surface area (Å²) in [6.45, 7) is 10.5. The number of ether oxygens (including phenoxy) is 1. The Bertz CT molecular complexity index is 396. The molecule has 1 atom stereocenters. The quantitative estimate of drug-likeness (QED) is 0.693. The van der Waals surface area contributed by atoms with Gasteiger partial charge in [-0.15, -0.1) is 11.3 Å². The van der Waals surface area contributed by atoms with Gasteiger partial charge in [-0.3, -0.25) is 9.69 Å². The van der Waals surface area contributed by atoms with Gasteiger partial charge in [-0.25, -0.2) is 0 Å². The molecule has 0 saturated heterocycles. The highest BCUT2D eigenvalue weighted by Gasteiger charge is 2.24. The lowest BCUT2D eigenvalue weighted by atomic mass is 10.1. The lowest BCUT2D eigenvalue weighted by molar-refractivity contribution is -0.144. The second-order valence-electron chi connectivity index (χ2n) is 4.30. The molecule has 0 saturated carbocycles. The van der Waals surface area contributed by atoms with Gasteiger partial charge in [0.1, 0.15) is 0 Å². The van der Waals surface area contributed by atoms with Crippen LogP contribution in [0, 0.1) is 6.92 Å². The van der Waals surface area contributed by atoms with Crippen molar-refractivity contribution in [2.24, 2.45) is 0 Å². The molecular weight excluding hydrogens is 326 g/mol. The first-order valence-corrected chi connectivity index (χ1v) is 8.29. The van der Waals surface area contributed by atoms with Gasteiger partial charge < -0.3 is 4.74 Å². The Labute approximate surface area is 128 Å². The summed E-state index contributed by atoms with van der Waals surface area (Å²) in [6.07, 6.45) is 0.419. The fraction of sp³-hybridized carbons (Fsp3) is 0.643. The fourth-order valence-electron chi connectivity index (χ4n) is 2.10. The van der Waals surface area contributed by atoms with Crippen molar-refractivity contribution < 1.29 is 9.53 Å². The predicted molar refractivity (Wildman–Crippen MR) is 83.7 cm³/mol. The summed E-state index contributed by atoms with van der Waals surface area (Å²) in [5.74, 6) is -0.124. The number of hydrogen-bond donors (Lipinski definition) is 0. The maximum absolute atomic E-state index is 11.8. The summed E-state index contributed by atoms with van der Waals surface area (Å²) in [7, 11) is 0. The third-order valence-corrected chi connectivity index (χ3v) is 5.36. The average Bonchev–Trinajstić information content (AvgIpc) is 2.70. The zero-order valence-electron chi connectivity index (χ0n) is 12.0. The molecule has 0 aromatic carbocycles. The van der Waals surface area contributed by atoms with Crippen LogP contribution in [0.25, 0.3) is 0 Å². The van der Waals surface area contributed by atoms with Crippen LogP contribution in [-0.4, -0.2) is 30.6 Å². The first-order valence-electron chi connectivity index (χ1n) is 6.68. The van der Waals surface area contributed by atoms with Crippen molar-refractivity contribution in [3.05, 3.63) is 20.3 Å². The van der Waals surface area contributed by atoms with Crippen LogP contribution in [-0.2, 0) is 9.53 Å². The lowest BCUT2D eigenvalue weighted by Gasteiger charge is -2.28. The Balaban J connectivity index is 2.94. The minimum Gasteiger partial charge on any atom is -0.466 e. The number of hydrogen-bond acceptors (Lipinski definition) is 4. The summed E-state index contributed by atoms with van der Waals surface area (Å²) in [6, 6.07) is 2.24. The molecule has 0 bridgehead atoms. The predicted octanol–water partition coefficient (Wildman–Crippen LogP) is 4.16. The number of rotatable bonds is 7. The molecule has 1 unspecified atom stereocenters. The molecule has 0 N–H and O–H groups in total. The third-order valence-electron chi connectivity index (χ3n) is 3.12. The van der Waals surface area contributed by atoms with Crippen LogP contribution in [0.2, 0.25) is 0 Å². The Morgan fingerprint density at radius 2 is 2.05 bits per heavy atom. The Morgan fingerprint density at radius 3 is 2.47 bits per heavy atom. The molecule has 0 aliphatic heterocycles. The van der Waals surface area contributed by atoms with Crippen molar-refractivity contribution in [3.63, 3.8) is 0 Å². The number of thiophene rings is 1. The molecule has 0 radical (unpaired) electrons. The van der Waals surface area contributed by atoms with Gasteiger partial charge in [-0.2, -0.15) is 0 Å². The monoisotopic (exact) mass is 347 g/mol. The topological polar surface area (TPSA) is 29.5 Å². The van der Waals surface area contributed by atoms with E-state index < -0.39 is 0 Å². The maximum atomic E-state index is 11.8. The van der Waals surface area contributed by atoms with Crippen molar-refractivity contribution >= 4 is 33.2 Å². The van der Waals surface area contributed by atoms with Gasteiger partial charge in [-0.1, -0.05) is 13.8 Å². The van der Waals surface area contributed by atoms with Gasteiger partial charge >= 0.3 is 5.97 Å². The fourth-order valence-corrected chi connectivity index (χ4v) is 3.79. The van der Waals surface area contributed by atoms with E-state index in [4.69, 9.17) is 4.74 Å². The van der Waals surface area contributed by atoms with Crippen molar-refractivity contribution in [1.82, 2.24) is 4.90 Å². The summed E-state index contributed by atoms with van der Waals surface area (Å²) in [5, 5.41) is 0. The first-order chi connectivity index (χ1) is 9.03. The van der Waals surface area contributed by atoms with E-state index in [0.717, 1.165) is 17.6 Å². The van der Waals surface area contributed by atoms with Crippen LogP contribution in [0.4, 0.5) is 0 Å². The highest BCUT2D eigenvalue weighted by atomic mass is 79.9. The van der Waals surface area contributed by atoms with Crippen molar-refractivity contribution in [1.29, 1.82) is 0 Å². The van der Waals surface area contributed by atoms with E-state index >= 15 is 0 Å². The van der Waals surface area contributed by atoms with Crippen molar-refractivity contribution in [3.8, 4) is 0 Å². The zero-order chi connectivity index (χ0) is 14.4. The van der Waals surface area contributed by atoms with Crippen LogP contribution in [0.15, 0.2) is 10.5 Å². The van der Waals surface area contributed by atoms with Crippen LogP contribution >= 0.6 is 27.3 Å². The number of carbonyl (C=O) groups excluding carboxylic acids is 1. The smallest absolute Gasteiger partial charge is 0.307 e. The normalized spacial score (nSPS) is 12.7. The molecule has 19 heavy (non-hydrogen) atoms. The number of nitrogens with zero attached hydrogens (tertiary/aromatic N) is 1. The Hall–Kier alpha value is -0.390. The minimum atomic E-state index is -0.124. The van der Waals surface area contributed by atoms with Gasteiger partial charge in [0.15, 0.2) is 0 Å². The molecule has 0 aliphatic carbocycles. The van der Waals surface area contributed by atoms with Crippen molar-refractivity contribution in [2.75, 3.05) is 19.7 Å². The molecule has 0 amide bonds. The molecular formula is C14H22BrNO2S. The average molecular weight is 348 g/mol. The van der Waals surface area contributed by atoms with Gasteiger partial charge in [0.2, 0.25) is 0 Å². The molecule has 0 spiro atoms. The lowest BCUT2D eigenvalue weighted by Crippen LogP contribution is -2.30. The molecule has 1 aromatic rings. The molecule has 0 fully saturated rings. The van der Waals surface area contributed by atoms with Crippen LogP contribution in [0.5, 0.6) is 0 Å². The van der Waals surface area contributed by atoms with E-state index in [1.807, 2.05) is 6.92 Å². The number of aryl methyl sites for hydroxylation is 1. The largest absolute Gasteiger partial charge is 0.466 e. The molecule has 108 valence electrons. The van der Waals surface area contributed by atoms with Crippen LogP contribution < -0.4 is 0 Å². The highest BCUT2D eigenvalue weighted by molar-refractivity contribution is 9.10. The highest BCUT2D eigenvalue weighted by Crippen LogP contribution is 2.35. The van der Waals surface area contributed by atoms with Crippen LogP contribution in [0.1, 0.15) is 43.0 Å².